The number of aryl methyl sites for hydroxylation is 2. The first-order valence-corrected chi connectivity index (χ1v) is 10.5. The summed E-state index contributed by atoms with van der Waals surface area (Å²) in [6.07, 6.45) is 1.34. The van der Waals surface area contributed by atoms with Crippen LogP contribution in [0.15, 0.2) is 59.7 Å². The van der Waals surface area contributed by atoms with E-state index in [1.54, 1.807) is 11.5 Å². The van der Waals surface area contributed by atoms with Crippen LogP contribution in [-0.2, 0) is 6.54 Å². The zero-order chi connectivity index (χ0) is 23.5. The van der Waals surface area contributed by atoms with Gasteiger partial charge in [0.05, 0.1) is 23.2 Å². The molecule has 0 fully saturated rings. The number of nitrogens with zero attached hydrogens (tertiary/aromatic N) is 3. The molecule has 164 valence electrons. The third kappa shape index (κ3) is 4.06. The lowest BCUT2D eigenvalue weighted by Crippen LogP contribution is -2.25. The number of nitrogen functional groups attached to an aromatic ring is 1. The third-order valence-electron chi connectivity index (χ3n) is 5.50. The molecule has 4 N–H and O–H groups in total. The van der Waals surface area contributed by atoms with E-state index in [-0.39, 0.29) is 23.6 Å². The second-order valence-corrected chi connectivity index (χ2v) is 7.69. The van der Waals surface area contributed by atoms with Crippen molar-refractivity contribution in [2.75, 3.05) is 11.1 Å². The van der Waals surface area contributed by atoms with E-state index < -0.39 is 0 Å². The number of nitrogens with two attached hydrogens (primary N) is 1. The largest absolute Gasteiger partial charge is 0.383 e. The highest BCUT2D eigenvalue weighted by molar-refractivity contribution is 6.16. The van der Waals surface area contributed by atoms with Crippen molar-refractivity contribution in [2.24, 2.45) is 0 Å². The molecule has 2 aromatic heterocycles. The molecular weight excluding hydrogens is 412 g/mol. The van der Waals surface area contributed by atoms with Crippen LogP contribution < -0.4 is 16.6 Å². The molecule has 0 radical (unpaired) electrons. The molecule has 0 saturated heterocycles. The average Bonchev–Trinajstić information content (AvgIpc) is 2.78. The molecule has 0 aliphatic carbocycles. The van der Waals surface area contributed by atoms with Crippen LogP contribution in [0.5, 0.6) is 0 Å². The smallest absolute Gasteiger partial charge is 0.263 e. The predicted molar refractivity (Wildman–Crippen MR) is 133 cm³/mol. The van der Waals surface area contributed by atoms with Gasteiger partial charge in [-0.05, 0) is 55.3 Å². The Morgan fingerprint density at radius 1 is 1.12 bits per heavy atom. The number of aromatic nitrogens is 3. The normalized spacial score (nSPS) is 10.5. The molecule has 0 aliphatic heterocycles. The van der Waals surface area contributed by atoms with Crippen molar-refractivity contribution < 1.29 is 0 Å². The first kappa shape index (κ1) is 21.8. The summed E-state index contributed by atoms with van der Waals surface area (Å²) in [6.45, 7) is 5.86. The Balaban J connectivity index is 1.88. The highest BCUT2D eigenvalue weighted by atomic mass is 16.1. The molecule has 0 aliphatic rings. The molecule has 2 aromatic carbocycles. The Kier molecular flexibility index (Phi) is 5.92. The molecule has 0 bridgehead atoms. The molecule has 7 heteroatoms. The van der Waals surface area contributed by atoms with Gasteiger partial charge in [-0.25, -0.2) is 9.97 Å². The van der Waals surface area contributed by atoms with Crippen LogP contribution in [0.3, 0.4) is 0 Å². The van der Waals surface area contributed by atoms with Crippen LogP contribution >= 0.6 is 0 Å². The maximum atomic E-state index is 13.7. The van der Waals surface area contributed by atoms with E-state index >= 15 is 0 Å². The Bertz CT molecular complexity index is 1510. The summed E-state index contributed by atoms with van der Waals surface area (Å²) in [6, 6.07) is 15.6. The quantitative estimate of drug-likeness (QED) is 0.324. The van der Waals surface area contributed by atoms with Gasteiger partial charge >= 0.3 is 0 Å². The van der Waals surface area contributed by atoms with Crippen molar-refractivity contribution in [2.45, 2.75) is 27.3 Å². The Labute approximate surface area is 191 Å². The Morgan fingerprint density at radius 2 is 1.88 bits per heavy atom. The molecule has 4 aromatic rings. The van der Waals surface area contributed by atoms with E-state index in [2.05, 4.69) is 27.1 Å². The molecule has 4 rings (SSSR count). The van der Waals surface area contributed by atoms with Crippen LogP contribution in [0, 0.1) is 31.1 Å². The molecule has 0 spiro atoms. The van der Waals surface area contributed by atoms with Crippen LogP contribution in [-0.4, -0.2) is 20.2 Å². The average molecular weight is 437 g/mol. The zero-order valence-electron chi connectivity index (χ0n) is 18.7. The minimum atomic E-state index is -0.0799. The highest BCUT2D eigenvalue weighted by Gasteiger charge is 2.17. The lowest BCUT2D eigenvalue weighted by atomic mass is 10.1. The molecule has 7 nitrogen and oxygen atoms in total. The van der Waals surface area contributed by atoms with E-state index in [0.717, 1.165) is 27.9 Å². The highest BCUT2D eigenvalue weighted by Crippen LogP contribution is 2.23. The number of benzene rings is 2. The molecule has 0 unspecified atom stereocenters. The second kappa shape index (κ2) is 8.97. The number of anilines is 2. The summed E-state index contributed by atoms with van der Waals surface area (Å²) >= 11 is 0. The Hall–Kier alpha value is -4.44. The SMILES string of the molecule is CC#CC(=N)c1c(N)ncnc1NCc1cc2cccc(C)c2c(=O)n1-c1ccccc1C. The van der Waals surface area contributed by atoms with Gasteiger partial charge in [-0.2, -0.15) is 0 Å². The lowest BCUT2D eigenvalue weighted by molar-refractivity contribution is 0.883. The maximum Gasteiger partial charge on any atom is 0.263 e. The monoisotopic (exact) mass is 436 g/mol. The summed E-state index contributed by atoms with van der Waals surface area (Å²) in [7, 11) is 0. The van der Waals surface area contributed by atoms with Crippen LogP contribution in [0.25, 0.3) is 16.5 Å². The first-order chi connectivity index (χ1) is 15.9. The topological polar surface area (TPSA) is 110 Å². The van der Waals surface area contributed by atoms with Gasteiger partial charge in [0.15, 0.2) is 0 Å². The number of pyridine rings is 1. The molecule has 0 saturated carbocycles. The van der Waals surface area contributed by atoms with Gasteiger partial charge in [0, 0.05) is 5.69 Å². The molecule has 2 heterocycles. The van der Waals surface area contributed by atoms with Crippen molar-refractivity contribution in [3.05, 3.63) is 87.6 Å². The van der Waals surface area contributed by atoms with E-state index in [1.165, 1.54) is 6.33 Å². The molecule has 33 heavy (non-hydrogen) atoms. The van der Waals surface area contributed by atoms with Crippen molar-refractivity contribution in [1.29, 1.82) is 5.41 Å². The maximum absolute atomic E-state index is 13.7. The van der Waals surface area contributed by atoms with Crippen molar-refractivity contribution in [1.82, 2.24) is 14.5 Å². The molecule has 0 atom stereocenters. The summed E-state index contributed by atoms with van der Waals surface area (Å²) in [5.41, 5.74) is 9.80. The fourth-order valence-corrected chi connectivity index (χ4v) is 3.94. The summed E-state index contributed by atoms with van der Waals surface area (Å²) < 4.78 is 1.74. The van der Waals surface area contributed by atoms with Gasteiger partial charge in [-0.3, -0.25) is 14.8 Å². The number of rotatable bonds is 5. The fourth-order valence-electron chi connectivity index (χ4n) is 3.94. The van der Waals surface area contributed by atoms with Gasteiger partial charge in [-0.1, -0.05) is 42.3 Å². The number of hydrogen-bond donors (Lipinski definition) is 3. The zero-order valence-corrected chi connectivity index (χ0v) is 18.7. The molecular formula is C26H24N6O. The van der Waals surface area contributed by atoms with Crippen LogP contribution in [0.1, 0.15) is 29.3 Å². The third-order valence-corrected chi connectivity index (χ3v) is 5.50. The first-order valence-electron chi connectivity index (χ1n) is 10.5. The van der Waals surface area contributed by atoms with Crippen LogP contribution in [0.4, 0.5) is 11.6 Å². The van der Waals surface area contributed by atoms with Gasteiger partial charge < -0.3 is 11.1 Å². The predicted octanol–water partition coefficient (Wildman–Crippen LogP) is 3.98. The van der Waals surface area contributed by atoms with E-state index in [9.17, 15) is 4.79 Å². The van der Waals surface area contributed by atoms with Crippen molar-refractivity contribution in [3.63, 3.8) is 0 Å². The number of para-hydroxylation sites is 1. The van der Waals surface area contributed by atoms with E-state index in [0.29, 0.717) is 16.8 Å². The summed E-state index contributed by atoms with van der Waals surface area (Å²) in [4.78, 5) is 22.0. The Morgan fingerprint density at radius 3 is 2.64 bits per heavy atom. The van der Waals surface area contributed by atoms with Crippen molar-refractivity contribution >= 4 is 28.1 Å². The van der Waals surface area contributed by atoms with Crippen LogP contribution in [0.2, 0.25) is 0 Å². The number of fused-ring (bicyclic) bond motifs is 1. The fraction of sp³-hybridized carbons (Fsp3) is 0.154. The van der Waals surface area contributed by atoms with Gasteiger partial charge in [0.1, 0.15) is 23.7 Å². The van der Waals surface area contributed by atoms with Crippen molar-refractivity contribution in [3.8, 4) is 17.5 Å². The second-order valence-electron chi connectivity index (χ2n) is 7.69. The summed E-state index contributed by atoms with van der Waals surface area (Å²) in [5.74, 6) is 5.97. The number of nitrogens with one attached hydrogen (secondary N) is 2. The van der Waals surface area contributed by atoms with Gasteiger partial charge in [0.2, 0.25) is 0 Å². The molecule has 0 amide bonds. The minimum absolute atomic E-state index is 0.0310. The lowest BCUT2D eigenvalue weighted by Gasteiger charge is -2.18. The van der Waals surface area contributed by atoms with E-state index in [4.69, 9.17) is 11.1 Å². The standard InChI is InChI=1S/C26H24N6O/c1-4-8-20(27)23-24(28)30-15-31-25(23)29-14-19-13-18-11-7-10-17(3)22(18)26(33)32(19)21-12-6-5-9-16(21)2/h5-7,9-13,15,27H,14H2,1-3H3,(H3,28,29,30,31). The van der Waals surface area contributed by atoms with Gasteiger partial charge in [-0.15, -0.1) is 0 Å². The summed E-state index contributed by atoms with van der Waals surface area (Å²) in [5, 5.41) is 13.0. The van der Waals surface area contributed by atoms with E-state index in [1.807, 2.05) is 62.4 Å². The number of hydrogen-bond acceptors (Lipinski definition) is 6. The minimum Gasteiger partial charge on any atom is -0.383 e. The van der Waals surface area contributed by atoms with Gasteiger partial charge in [0.25, 0.3) is 5.56 Å².